The van der Waals surface area contributed by atoms with Crippen LogP contribution >= 0.6 is 0 Å². The number of aryl methyl sites for hydroxylation is 1. The van der Waals surface area contributed by atoms with Crippen molar-refractivity contribution >= 4 is 17.8 Å². The van der Waals surface area contributed by atoms with E-state index in [1.807, 2.05) is 36.4 Å². The number of imide groups is 1. The summed E-state index contributed by atoms with van der Waals surface area (Å²) in [6.07, 6.45) is 0.882. The van der Waals surface area contributed by atoms with Gasteiger partial charge in [-0.05, 0) is 46.4 Å². The maximum atomic E-state index is 13.6. The van der Waals surface area contributed by atoms with E-state index in [0.29, 0.717) is 5.75 Å². The van der Waals surface area contributed by atoms with Crippen molar-refractivity contribution < 1.29 is 19.1 Å². The summed E-state index contributed by atoms with van der Waals surface area (Å²) < 4.78 is 5.43. The molecule has 2 atom stereocenters. The monoisotopic (exact) mass is 451 g/mol. The van der Waals surface area contributed by atoms with Crippen molar-refractivity contribution in [1.82, 2.24) is 4.90 Å². The van der Waals surface area contributed by atoms with Gasteiger partial charge in [0.2, 0.25) is 11.8 Å². The Kier molecular flexibility index (Phi) is 4.87. The van der Waals surface area contributed by atoms with Crippen LogP contribution in [0.5, 0.6) is 5.75 Å². The van der Waals surface area contributed by atoms with E-state index in [2.05, 4.69) is 31.2 Å². The summed E-state index contributed by atoms with van der Waals surface area (Å²) in [7, 11) is 0. The fourth-order valence-corrected chi connectivity index (χ4v) is 6.14. The van der Waals surface area contributed by atoms with E-state index >= 15 is 0 Å². The predicted molar refractivity (Wildman–Crippen MR) is 126 cm³/mol. The SMILES string of the molecule is CCc1ccc(OC(=O)CCN2C(=O)[C@@H]3C4c5ccccc5C(c5ccccc54)[C@@H]3C2=O)cc1. The van der Waals surface area contributed by atoms with E-state index in [9.17, 15) is 14.4 Å². The molecule has 2 amide bonds. The maximum Gasteiger partial charge on any atom is 0.312 e. The predicted octanol–water partition coefficient (Wildman–Crippen LogP) is 4.44. The Hall–Kier alpha value is -3.73. The van der Waals surface area contributed by atoms with Crippen LogP contribution in [0.1, 0.15) is 53.0 Å². The van der Waals surface area contributed by atoms with Gasteiger partial charge < -0.3 is 4.74 Å². The second-order valence-corrected chi connectivity index (χ2v) is 9.31. The molecule has 1 saturated heterocycles. The molecular formula is C29H25NO4. The molecule has 0 unspecified atom stereocenters. The molecule has 0 saturated carbocycles. The number of likely N-dealkylation sites (tertiary alicyclic amines) is 1. The van der Waals surface area contributed by atoms with Crippen molar-refractivity contribution in [2.24, 2.45) is 11.8 Å². The molecular weight excluding hydrogens is 426 g/mol. The molecule has 3 aromatic rings. The Morgan fingerprint density at radius 2 is 1.24 bits per heavy atom. The van der Waals surface area contributed by atoms with Gasteiger partial charge in [0.05, 0.1) is 18.3 Å². The van der Waals surface area contributed by atoms with Gasteiger partial charge in [-0.1, -0.05) is 67.6 Å². The third-order valence-corrected chi connectivity index (χ3v) is 7.64. The molecule has 1 heterocycles. The van der Waals surface area contributed by atoms with Crippen LogP contribution in [0.2, 0.25) is 0 Å². The lowest BCUT2D eigenvalue weighted by Gasteiger charge is -2.45. The van der Waals surface area contributed by atoms with Gasteiger partial charge in [0.25, 0.3) is 0 Å². The zero-order chi connectivity index (χ0) is 23.4. The molecule has 0 N–H and O–H groups in total. The molecule has 34 heavy (non-hydrogen) atoms. The van der Waals surface area contributed by atoms with Crippen LogP contribution in [0.15, 0.2) is 72.8 Å². The number of carbonyl (C=O) groups excluding carboxylic acids is 3. The number of benzene rings is 3. The third kappa shape index (κ3) is 3.03. The third-order valence-electron chi connectivity index (χ3n) is 7.64. The van der Waals surface area contributed by atoms with Crippen LogP contribution in [0.4, 0.5) is 0 Å². The highest BCUT2D eigenvalue weighted by atomic mass is 16.5. The van der Waals surface area contributed by atoms with Crippen molar-refractivity contribution in [2.75, 3.05) is 6.54 Å². The highest BCUT2D eigenvalue weighted by molar-refractivity contribution is 6.07. The van der Waals surface area contributed by atoms with E-state index in [-0.39, 0.29) is 36.6 Å². The fraction of sp³-hybridized carbons (Fsp3) is 0.276. The first-order valence-corrected chi connectivity index (χ1v) is 11.9. The number of rotatable bonds is 5. The minimum absolute atomic E-state index is 0.0261. The smallest absolute Gasteiger partial charge is 0.312 e. The summed E-state index contributed by atoms with van der Waals surface area (Å²) in [5.41, 5.74) is 5.74. The first-order chi connectivity index (χ1) is 16.6. The van der Waals surface area contributed by atoms with E-state index in [4.69, 9.17) is 4.74 Å². The summed E-state index contributed by atoms with van der Waals surface area (Å²) in [5, 5.41) is 0. The molecule has 5 heteroatoms. The van der Waals surface area contributed by atoms with Crippen molar-refractivity contribution in [2.45, 2.75) is 31.6 Å². The van der Waals surface area contributed by atoms with Gasteiger partial charge in [-0.15, -0.1) is 0 Å². The Labute approximate surface area is 198 Å². The first kappa shape index (κ1) is 20.8. The Morgan fingerprint density at radius 1 is 0.765 bits per heavy atom. The number of carbonyl (C=O) groups is 3. The molecule has 0 aromatic heterocycles. The van der Waals surface area contributed by atoms with Crippen molar-refractivity contribution in [1.29, 1.82) is 0 Å². The molecule has 170 valence electrons. The maximum absolute atomic E-state index is 13.6. The number of nitrogens with zero attached hydrogens (tertiary/aromatic N) is 1. The van der Waals surface area contributed by atoms with Crippen molar-refractivity contribution in [3.63, 3.8) is 0 Å². The van der Waals surface area contributed by atoms with Gasteiger partial charge in [0.15, 0.2) is 0 Å². The van der Waals surface area contributed by atoms with Crippen LogP contribution in [0.3, 0.4) is 0 Å². The lowest BCUT2D eigenvalue weighted by molar-refractivity contribution is -0.141. The van der Waals surface area contributed by atoms with Crippen LogP contribution < -0.4 is 4.74 Å². The van der Waals surface area contributed by atoms with Gasteiger partial charge >= 0.3 is 5.97 Å². The van der Waals surface area contributed by atoms with Gasteiger partial charge in [-0.2, -0.15) is 0 Å². The van der Waals surface area contributed by atoms with Gasteiger partial charge in [0.1, 0.15) is 5.75 Å². The van der Waals surface area contributed by atoms with Crippen LogP contribution in [0.25, 0.3) is 0 Å². The molecule has 0 spiro atoms. The number of ether oxygens (including phenoxy) is 1. The standard InChI is InChI=1S/C29H25NO4/c1-2-17-11-13-18(14-12-17)34-23(31)15-16-30-28(32)26-24-19-7-3-4-8-20(19)25(27(26)29(30)33)22-10-6-5-9-21(22)24/h3-14,24-27H,2,15-16H2,1H3/t24?,25?,26-,27+. The first-order valence-electron chi connectivity index (χ1n) is 11.9. The highest BCUT2D eigenvalue weighted by Gasteiger charge is 2.61. The molecule has 0 radical (unpaired) electrons. The van der Waals surface area contributed by atoms with E-state index in [1.54, 1.807) is 12.1 Å². The summed E-state index contributed by atoms with van der Waals surface area (Å²) in [6.45, 7) is 2.11. The number of amides is 2. The Bertz CT molecular complexity index is 1200. The van der Waals surface area contributed by atoms with Gasteiger partial charge in [-0.3, -0.25) is 19.3 Å². The van der Waals surface area contributed by atoms with E-state index in [0.717, 1.165) is 34.2 Å². The highest BCUT2D eigenvalue weighted by Crippen LogP contribution is 2.60. The lowest BCUT2D eigenvalue weighted by atomic mass is 9.55. The van der Waals surface area contributed by atoms with Crippen LogP contribution in [-0.2, 0) is 20.8 Å². The summed E-state index contributed by atoms with van der Waals surface area (Å²) in [4.78, 5) is 40.9. The average molecular weight is 452 g/mol. The van der Waals surface area contributed by atoms with Crippen molar-refractivity contribution in [3.8, 4) is 5.75 Å². The zero-order valence-electron chi connectivity index (χ0n) is 18.9. The van der Waals surface area contributed by atoms with Crippen molar-refractivity contribution in [3.05, 3.63) is 101 Å². The molecule has 7 rings (SSSR count). The second-order valence-electron chi connectivity index (χ2n) is 9.31. The zero-order valence-corrected chi connectivity index (χ0v) is 18.9. The number of hydrogen-bond donors (Lipinski definition) is 0. The summed E-state index contributed by atoms with van der Waals surface area (Å²) >= 11 is 0. The minimum Gasteiger partial charge on any atom is -0.426 e. The minimum atomic E-state index is -0.450. The van der Waals surface area contributed by atoms with Crippen LogP contribution in [-0.4, -0.2) is 29.2 Å². The normalized spacial score (nSPS) is 24.0. The second kappa shape index (κ2) is 7.94. The van der Waals surface area contributed by atoms with Gasteiger partial charge in [0, 0.05) is 18.4 Å². The molecule has 3 aliphatic carbocycles. The van der Waals surface area contributed by atoms with E-state index < -0.39 is 17.8 Å². The van der Waals surface area contributed by atoms with Gasteiger partial charge in [-0.25, -0.2) is 0 Å². The molecule has 3 aromatic carbocycles. The topological polar surface area (TPSA) is 63.7 Å². The average Bonchev–Trinajstić information content (AvgIpc) is 3.13. The van der Waals surface area contributed by atoms with E-state index in [1.165, 1.54) is 4.90 Å². The molecule has 5 nitrogen and oxygen atoms in total. The van der Waals surface area contributed by atoms with Crippen LogP contribution in [0, 0.1) is 11.8 Å². The molecule has 1 fully saturated rings. The molecule has 4 aliphatic rings. The summed E-state index contributed by atoms with van der Waals surface area (Å²) in [5.74, 6) is -1.42. The number of esters is 1. The Morgan fingerprint density at radius 3 is 1.68 bits per heavy atom. The quantitative estimate of drug-likeness (QED) is 0.327. The molecule has 2 bridgehead atoms. The number of hydrogen-bond acceptors (Lipinski definition) is 4. The summed E-state index contributed by atoms with van der Waals surface area (Å²) in [6, 6.07) is 23.7. The molecule has 1 aliphatic heterocycles. The lowest BCUT2D eigenvalue weighted by Crippen LogP contribution is -2.41. The fourth-order valence-electron chi connectivity index (χ4n) is 6.14. The Balaban J connectivity index is 1.24. The largest absolute Gasteiger partial charge is 0.426 e.